The van der Waals surface area contributed by atoms with Gasteiger partial charge in [-0.3, -0.25) is 0 Å². The molecule has 3 nitrogen and oxygen atoms in total. The Hall–Kier alpha value is -2.16. The largest absolute Gasteiger partial charge is 0.370 e. The van der Waals surface area contributed by atoms with Crippen LogP contribution in [0.25, 0.3) is 0 Å². The van der Waals surface area contributed by atoms with E-state index < -0.39 is 0 Å². The van der Waals surface area contributed by atoms with Gasteiger partial charge in [0.05, 0.1) is 11.4 Å². The molecule has 0 fully saturated rings. The third-order valence-corrected chi connectivity index (χ3v) is 3.33. The van der Waals surface area contributed by atoms with Crippen LogP contribution in [0.3, 0.4) is 0 Å². The molecule has 0 heterocycles. The fraction of sp³-hybridized carbons (Fsp3) is 0.294. The summed E-state index contributed by atoms with van der Waals surface area (Å²) in [6, 6.07) is 16.0. The van der Waals surface area contributed by atoms with Gasteiger partial charge < -0.3 is 4.90 Å². The van der Waals surface area contributed by atoms with Gasteiger partial charge >= 0.3 is 0 Å². The third-order valence-electron chi connectivity index (χ3n) is 3.33. The van der Waals surface area contributed by atoms with Crippen LogP contribution in [-0.2, 0) is 0 Å². The number of benzene rings is 2. The van der Waals surface area contributed by atoms with Gasteiger partial charge in [-0.05, 0) is 44.5 Å². The first-order chi connectivity index (χ1) is 9.76. The number of aryl methyl sites for hydroxylation is 1. The smallest absolute Gasteiger partial charge is 0.109 e. The molecule has 0 aromatic heterocycles. The van der Waals surface area contributed by atoms with Gasteiger partial charge in [-0.1, -0.05) is 30.3 Å². The molecule has 2 aromatic rings. The lowest BCUT2D eigenvalue weighted by molar-refractivity contribution is 0.860. The van der Waals surface area contributed by atoms with Crippen LogP contribution in [0.5, 0.6) is 0 Å². The Morgan fingerprint density at radius 2 is 1.55 bits per heavy atom. The molecule has 0 aliphatic heterocycles. The van der Waals surface area contributed by atoms with E-state index in [2.05, 4.69) is 42.0 Å². The minimum absolute atomic E-state index is 0.875. The summed E-state index contributed by atoms with van der Waals surface area (Å²) in [6.07, 6.45) is 0. The van der Waals surface area contributed by atoms with Gasteiger partial charge in [0.1, 0.15) is 5.69 Å². The number of para-hydroxylation sites is 1. The van der Waals surface area contributed by atoms with E-state index in [1.807, 2.05) is 42.5 Å². The molecular weight excluding hydrogens is 246 g/mol. The third kappa shape index (κ3) is 3.23. The van der Waals surface area contributed by atoms with Gasteiger partial charge in [0.15, 0.2) is 0 Å². The first-order valence-electron chi connectivity index (χ1n) is 7.07. The first kappa shape index (κ1) is 14.3. The highest BCUT2D eigenvalue weighted by atomic mass is 15.2. The van der Waals surface area contributed by atoms with Crippen LogP contribution in [-0.4, -0.2) is 13.1 Å². The number of hydrogen-bond acceptors (Lipinski definition) is 3. The zero-order valence-corrected chi connectivity index (χ0v) is 12.4. The highest BCUT2D eigenvalue weighted by Crippen LogP contribution is 2.33. The molecule has 20 heavy (non-hydrogen) atoms. The van der Waals surface area contributed by atoms with Crippen LogP contribution in [0.2, 0.25) is 0 Å². The molecule has 2 aromatic carbocycles. The molecule has 0 aliphatic rings. The monoisotopic (exact) mass is 267 g/mol. The molecule has 0 atom stereocenters. The molecule has 0 amide bonds. The Kier molecular flexibility index (Phi) is 4.88. The van der Waals surface area contributed by atoms with Crippen molar-refractivity contribution in [2.45, 2.75) is 20.8 Å². The van der Waals surface area contributed by atoms with Crippen LogP contribution in [0.1, 0.15) is 19.4 Å². The Labute approximate surface area is 121 Å². The van der Waals surface area contributed by atoms with Gasteiger partial charge in [0.2, 0.25) is 0 Å². The number of hydrogen-bond donors (Lipinski definition) is 0. The van der Waals surface area contributed by atoms with E-state index in [0.717, 1.165) is 24.5 Å². The molecule has 0 bridgehead atoms. The quantitative estimate of drug-likeness (QED) is 0.679. The number of azo groups is 1. The van der Waals surface area contributed by atoms with E-state index >= 15 is 0 Å². The van der Waals surface area contributed by atoms with Crippen molar-refractivity contribution in [1.29, 1.82) is 0 Å². The number of nitrogens with zero attached hydrogens (tertiary/aromatic N) is 3. The van der Waals surface area contributed by atoms with Crippen LogP contribution in [0, 0.1) is 6.92 Å². The Morgan fingerprint density at radius 1 is 0.850 bits per heavy atom. The Morgan fingerprint density at radius 3 is 2.20 bits per heavy atom. The lowest BCUT2D eigenvalue weighted by Crippen LogP contribution is -2.22. The van der Waals surface area contributed by atoms with Crippen LogP contribution >= 0.6 is 0 Å². The number of rotatable bonds is 5. The zero-order chi connectivity index (χ0) is 14.4. The maximum Gasteiger partial charge on any atom is 0.109 e. The average molecular weight is 267 g/mol. The van der Waals surface area contributed by atoms with E-state index in [1.165, 1.54) is 11.3 Å². The summed E-state index contributed by atoms with van der Waals surface area (Å²) < 4.78 is 0. The normalized spacial score (nSPS) is 10.9. The summed E-state index contributed by atoms with van der Waals surface area (Å²) in [5.74, 6) is 0. The van der Waals surface area contributed by atoms with Gasteiger partial charge in [0.25, 0.3) is 0 Å². The van der Waals surface area contributed by atoms with Crippen molar-refractivity contribution >= 4 is 17.1 Å². The molecule has 0 aliphatic carbocycles. The predicted octanol–water partition coefficient (Wildman–Crippen LogP) is 5.26. The summed E-state index contributed by atoms with van der Waals surface area (Å²) in [5.41, 5.74) is 4.22. The maximum atomic E-state index is 4.44. The van der Waals surface area contributed by atoms with E-state index in [4.69, 9.17) is 0 Å². The summed E-state index contributed by atoms with van der Waals surface area (Å²) >= 11 is 0. The molecule has 0 saturated heterocycles. The van der Waals surface area contributed by atoms with Crippen molar-refractivity contribution in [3.63, 3.8) is 0 Å². The van der Waals surface area contributed by atoms with Gasteiger partial charge in [-0.15, -0.1) is 5.11 Å². The second-order valence-electron chi connectivity index (χ2n) is 4.65. The SMILES string of the molecule is CCN(CC)c1c(C)cccc1/N=N/c1ccccc1. The summed E-state index contributed by atoms with van der Waals surface area (Å²) in [7, 11) is 0. The molecule has 0 spiro atoms. The molecular formula is C17H21N3. The number of anilines is 1. The molecule has 104 valence electrons. The predicted molar refractivity (Wildman–Crippen MR) is 85.4 cm³/mol. The van der Waals surface area contributed by atoms with Gasteiger partial charge in [0, 0.05) is 13.1 Å². The second-order valence-corrected chi connectivity index (χ2v) is 4.65. The van der Waals surface area contributed by atoms with Crippen molar-refractivity contribution in [3.05, 3.63) is 54.1 Å². The molecule has 3 heteroatoms. The molecule has 0 N–H and O–H groups in total. The van der Waals surface area contributed by atoms with Crippen LogP contribution < -0.4 is 4.90 Å². The standard InChI is InChI=1S/C17H21N3/c1-4-20(5-2)17-14(3)10-9-13-16(17)19-18-15-11-7-6-8-12-15/h6-13H,4-5H2,1-3H3/b19-18+. The minimum Gasteiger partial charge on any atom is -0.370 e. The fourth-order valence-corrected chi connectivity index (χ4v) is 2.28. The Balaban J connectivity index is 2.37. The van der Waals surface area contributed by atoms with Crippen LogP contribution in [0.15, 0.2) is 58.8 Å². The zero-order valence-electron chi connectivity index (χ0n) is 12.4. The maximum absolute atomic E-state index is 4.44. The van der Waals surface area contributed by atoms with E-state index in [0.29, 0.717) is 0 Å². The lowest BCUT2D eigenvalue weighted by Gasteiger charge is -2.24. The van der Waals surface area contributed by atoms with Crippen molar-refractivity contribution < 1.29 is 0 Å². The second kappa shape index (κ2) is 6.85. The first-order valence-corrected chi connectivity index (χ1v) is 7.07. The van der Waals surface area contributed by atoms with Gasteiger partial charge in [-0.2, -0.15) is 5.11 Å². The highest BCUT2D eigenvalue weighted by molar-refractivity contribution is 5.70. The van der Waals surface area contributed by atoms with Gasteiger partial charge in [-0.25, -0.2) is 0 Å². The van der Waals surface area contributed by atoms with Crippen molar-refractivity contribution in [1.82, 2.24) is 0 Å². The van der Waals surface area contributed by atoms with Crippen molar-refractivity contribution in [2.24, 2.45) is 10.2 Å². The van der Waals surface area contributed by atoms with Crippen molar-refractivity contribution in [3.8, 4) is 0 Å². The highest BCUT2D eigenvalue weighted by Gasteiger charge is 2.10. The fourth-order valence-electron chi connectivity index (χ4n) is 2.28. The topological polar surface area (TPSA) is 28.0 Å². The van der Waals surface area contributed by atoms with Crippen molar-refractivity contribution in [2.75, 3.05) is 18.0 Å². The molecule has 0 saturated carbocycles. The van der Waals surface area contributed by atoms with Crippen LogP contribution in [0.4, 0.5) is 17.1 Å². The lowest BCUT2D eigenvalue weighted by atomic mass is 10.1. The van der Waals surface area contributed by atoms with E-state index in [1.54, 1.807) is 0 Å². The minimum atomic E-state index is 0.875. The Bertz CT molecular complexity index is 572. The summed E-state index contributed by atoms with van der Waals surface area (Å²) in [5, 5.41) is 8.76. The molecule has 0 unspecified atom stereocenters. The summed E-state index contributed by atoms with van der Waals surface area (Å²) in [6.45, 7) is 8.38. The van der Waals surface area contributed by atoms with E-state index in [-0.39, 0.29) is 0 Å². The molecule has 0 radical (unpaired) electrons. The summed E-state index contributed by atoms with van der Waals surface area (Å²) in [4.78, 5) is 2.31. The molecule has 2 rings (SSSR count). The average Bonchev–Trinajstić information content (AvgIpc) is 2.49. The van der Waals surface area contributed by atoms with E-state index in [9.17, 15) is 0 Å².